The third-order valence-corrected chi connectivity index (χ3v) is 2.97. The molecule has 146 valence electrons. The molecule has 0 saturated heterocycles. The molecular formula is C9H5F12N3O. The molecule has 0 saturated carbocycles. The van der Waals surface area contributed by atoms with Crippen LogP contribution in [0.4, 0.5) is 52.7 Å². The smallest absolute Gasteiger partial charge is 0.313 e. The lowest BCUT2D eigenvalue weighted by atomic mass is 9.95. The zero-order valence-electron chi connectivity index (χ0n) is 11.4. The van der Waals surface area contributed by atoms with Gasteiger partial charge in [0.05, 0.1) is 0 Å². The third-order valence-electron chi connectivity index (χ3n) is 2.97. The van der Waals surface area contributed by atoms with Crippen LogP contribution in [-0.2, 0) is 4.79 Å². The van der Waals surface area contributed by atoms with E-state index in [1.165, 1.54) is 0 Å². The molecule has 1 aliphatic rings. The molecule has 0 bridgehead atoms. The van der Waals surface area contributed by atoms with E-state index < -0.39 is 53.0 Å². The molecule has 1 heterocycles. The van der Waals surface area contributed by atoms with Crippen molar-refractivity contribution in [3.63, 3.8) is 0 Å². The Labute approximate surface area is 129 Å². The van der Waals surface area contributed by atoms with Gasteiger partial charge in [0, 0.05) is 6.92 Å². The van der Waals surface area contributed by atoms with Crippen LogP contribution in [0, 0.1) is 0 Å². The van der Waals surface area contributed by atoms with Gasteiger partial charge in [-0.2, -0.15) is 52.7 Å². The molecular weight excluding hydrogens is 394 g/mol. The molecule has 0 atom stereocenters. The molecule has 4 nitrogen and oxygen atoms in total. The van der Waals surface area contributed by atoms with Crippen molar-refractivity contribution in [1.82, 2.24) is 10.6 Å². The Hall–Kier alpha value is -1.74. The molecule has 1 rings (SSSR count). The van der Waals surface area contributed by atoms with Gasteiger partial charge in [0.2, 0.25) is 5.91 Å². The van der Waals surface area contributed by atoms with Gasteiger partial charge in [-0.1, -0.05) is 0 Å². The number of carbonyl (C=O) groups excluding carboxylic acids is 1. The number of nitrogens with zero attached hydrogens (tertiary/aromatic N) is 1. The first-order chi connectivity index (χ1) is 10.7. The Morgan fingerprint density at radius 2 is 1.20 bits per heavy atom. The van der Waals surface area contributed by atoms with Gasteiger partial charge in [-0.05, 0) is 0 Å². The minimum Gasteiger partial charge on any atom is -0.313 e. The minimum absolute atomic E-state index is 0.265. The number of amidine groups is 1. The summed E-state index contributed by atoms with van der Waals surface area (Å²) in [6, 6.07) is 0. The van der Waals surface area contributed by atoms with Crippen LogP contribution in [0.5, 0.6) is 0 Å². The number of rotatable bonds is 0. The summed E-state index contributed by atoms with van der Waals surface area (Å²) in [5.41, 5.74) is -11.8. The molecule has 0 fully saturated rings. The fourth-order valence-electron chi connectivity index (χ4n) is 1.90. The molecule has 0 spiro atoms. The maximum atomic E-state index is 13.0. The van der Waals surface area contributed by atoms with Crippen LogP contribution in [0.3, 0.4) is 0 Å². The van der Waals surface area contributed by atoms with E-state index in [2.05, 4.69) is 0 Å². The quantitative estimate of drug-likeness (QED) is 0.616. The van der Waals surface area contributed by atoms with Gasteiger partial charge in [0.1, 0.15) is 5.84 Å². The monoisotopic (exact) mass is 399 g/mol. The van der Waals surface area contributed by atoms with Crippen molar-refractivity contribution < 1.29 is 57.5 Å². The Bertz CT molecular complexity index is 553. The molecule has 0 aromatic rings. The molecule has 0 aromatic heterocycles. The summed E-state index contributed by atoms with van der Waals surface area (Å²) in [5.74, 6) is -4.73. The summed E-state index contributed by atoms with van der Waals surface area (Å²) >= 11 is 0. The summed E-state index contributed by atoms with van der Waals surface area (Å²) in [6.45, 7) is 0.265. The van der Waals surface area contributed by atoms with Gasteiger partial charge < -0.3 is 5.32 Å². The number of carbonyl (C=O) groups is 1. The second-order valence-corrected chi connectivity index (χ2v) is 4.72. The number of hydrogen-bond donors (Lipinski definition) is 2. The maximum Gasteiger partial charge on any atom is 0.436 e. The highest BCUT2D eigenvalue weighted by Crippen LogP contribution is 2.54. The van der Waals surface area contributed by atoms with Crippen molar-refractivity contribution in [2.24, 2.45) is 4.99 Å². The maximum absolute atomic E-state index is 13.0. The highest BCUT2D eigenvalue weighted by Gasteiger charge is 2.86. The molecule has 0 radical (unpaired) electrons. The van der Waals surface area contributed by atoms with Crippen molar-refractivity contribution in [1.29, 1.82) is 0 Å². The van der Waals surface area contributed by atoms with E-state index in [4.69, 9.17) is 0 Å². The summed E-state index contributed by atoms with van der Waals surface area (Å²) in [7, 11) is 0. The first-order valence-corrected chi connectivity index (χ1v) is 5.67. The lowest BCUT2D eigenvalue weighted by molar-refractivity contribution is -0.333. The number of halogens is 12. The van der Waals surface area contributed by atoms with Crippen molar-refractivity contribution in [3.05, 3.63) is 0 Å². The molecule has 2 N–H and O–H groups in total. The van der Waals surface area contributed by atoms with Crippen LogP contribution in [0.15, 0.2) is 4.99 Å². The summed E-state index contributed by atoms with van der Waals surface area (Å²) in [4.78, 5) is 12.3. The first kappa shape index (κ1) is 21.3. The van der Waals surface area contributed by atoms with Crippen molar-refractivity contribution in [3.8, 4) is 0 Å². The Morgan fingerprint density at radius 1 is 0.840 bits per heavy atom. The molecule has 1 aliphatic heterocycles. The zero-order valence-corrected chi connectivity index (χ0v) is 11.4. The summed E-state index contributed by atoms with van der Waals surface area (Å²) < 4.78 is 155. The van der Waals surface area contributed by atoms with E-state index in [9.17, 15) is 57.5 Å². The van der Waals surface area contributed by atoms with Crippen LogP contribution in [0.25, 0.3) is 0 Å². The number of amides is 1. The van der Waals surface area contributed by atoms with Gasteiger partial charge in [0.25, 0.3) is 5.54 Å². The summed E-state index contributed by atoms with van der Waals surface area (Å²) in [6.07, 6.45) is -27.1. The van der Waals surface area contributed by atoms with E-state index in [1.54, 1.807) is 4.99 Å². The lowest BCUT2D eigenvalue weighted by Crippen LogP contribution is -2.77. The van der Waals surface area contributed by atoms with E-state index in [1.807, 2.05) is 0 Å². The number of nitrogens with one attached hydrogen (secondary N) is 2. The third kappa shape index (κ3) is 2.99. The van der Waals surface area contributed by atoms with E-state index in [0.717, 1.165) is 0 Å². The molecule has 0 unspecified atom stereocenters. The summed E-state index contributed by atoms with van der Waals surface area (Å²) in [5, 5.41) is 0.168. The van der Waals surface area contributed by atoms with Crippen LogP contribution < -0.4 is 10.6 Å². The van der Waals surface area contributed by atoms with Crippen molar-refractivity contribution >= 4 is 11.7 Å². The second-order valence-electron chi connectivity index (χ2n) is 4.72. The zero-order chi connectivity index (χ0) is 20.3. The number of hydrogen-bond acceptors (Lipinski definition) is 3. The van der Waals surface area contributed by atoms with Crippen molar-refractivity contribution in [2.75, 3.05) is 0 Å². The van der Waals surface area contributed by atoms with Crippen molar-refractivity contribution in [2.45, 2.75) is 42.8 Å². The minimum atomic E-state index is -6.77. The predicted molar refractivity (Wildman–Crippen MR) is 54.1 cm³/mol. The van der Waals surface area contributed by atoms with Crippen LogP contribution in [-0.4, -0.2) is 47.6 Å². The number of alkyl halides is 12. The first-order valence-electron chi connectivity index (χ1n) is 5.67. The average molecular weight is 399 g/mol. The van der Waals surface area contributed by atoms with Crippen LogP contribution in [0.1, 0.15) is 6.92 Å². The molecule has 1 amide bonds. The van der Waals surface area contributed by atoms with Gasteiger partial charge in [-0.3, -0.25) is 4.79 Å². The van der Waals surface area contributed by atoms with Crippen LogP contribution >= 0.6 is 0 Å². The lowest BCUT2D eigenvalue weighted by Gasteiger charge is -2.39. The Balaban J connectivity index is 3.90. The fraction of sp³-hybridized carbons (Fsp3) is 0.778. The predicted octanol–water partition coefficient (Wildman–Crippen LogP) is 2.81. The van der Waals surface area contributed by atoms with E-state index in [0.29, 0.717) is 5.32 Å². The van der Waals surface area contributed by atoms with Gasteiger partial charge in [-0.15, -0.1) is 0 Å². The van der Waals surface area contributed by atoms with Gasteiger partial charge in [0.15, 0.2) is 0 Å². The fourth-order valence-corrected chi connectivity index (χ4v) is 1.90. The highest BCUT2D eigenvalue weighted by atomic mass is 19.4. The Morgan fingerprint density at radius 3 is 1.44 bits per heavy atom. The largest absolute Gasteiger partial charge is 0.436 e. The highest BCUT2D eigenvalue weighted by molar-refractivity contribution is 6.05. The van der Waals surface area contributed by atoms with E-state index in [-0.39, 0.29) is 6.92 Å². The second kappa shape index (κ2) is 5.38. The van der Waals surface area contributed by atoms with E-state index >= 15 is 0 Å². The van der Waals surface area contributed by atoms with Gasteiger partial charge >= 0.3 is 30.4 Å². The van der Waals surface area contributed by atoms with Crippen LogP contribution in [0.2, 0.25) is 0 Å². The topological polar surface area (TPSA) is 53.5 Å². The molecule has 16 heteroatoms. The standard InChI is InChI=1S/C9H5F12N3O/c1-2(25)22-3-4(6(10,11)12,7(13,14)15)24-5(23-3,8(16,17)18)9(19,20)21/h24H,1H3,(H,22,23,25). The molecule has 25 heavy (non-hydrogen) atoms. The molecule has 0 aromatic carbocycles. The normalized spacial score (nSPS) is 21.1. The SMILES string of the molecule is CC(=O)NC1=NC(C(F)(F)F)(C(F)(F)F)NC1(C(F)(F)F)C(F)(F)F. The van der Waals surface area contributed by atoms with Gasteiger partial charge in [-0.25, -0.2) is 10.3 Å². The average Bonchev–Trinajstić information content (AvgIpc) is 2.62. The Kier molecular flexibility index (Phi) is 4.58. The number of aliphatic imine (C=N–C) groups is 1. The molecule has 0 aliphatic carbocycles.